The minimum Gasteiger partial charge on any atom is -0.478 e. The van der Waals surface area contributed by atoms with E-state index in [9.17, 15) is 14.9 Å². The molecule has 2 N–H and O–H groups in total. The number of carbonyl (C=O) groups is 2. The molecule has 0 fully saturated rings. The Morgan fingerprint density at radius 3 is 2.48 bits per heavy atom. The van der Waals surface area contributed by atoms with Gasteiger partial charge in [-0.2, -0.15) is 5.26 Å². The zero-order valence-electron chi connectivity index (χ0n) is 15.3. The molecule has 7 heteroatoms. The van der Waals surface area contributed by atoms with Crippen LogP contribution in [0.15, 0.2) is 64.6 Å². The van der Waals surface area contributed by atoms with Crippen molar-refractivity contribution in [1.82, 2.24) is 0 Å². The maximum absolute atomic E-state index is 12.4. The number of aryl methyl sites for hydroxylation is 1. The number of rotatable bonds is 5. The summed E-state index contributed by atoms with van der Waals surface area (Å²) in [6.07, 6.45) is 1.34. The number of halogens is 1. The largest absolute Gasteiger partial charge is 0.478 e. The molecule has 3 rings (SSSR count). The first-order chi connectivity index (χ1) is 13.9. The van der Waals surface area contributed by atoms with Gasteiger partial charge in [0.1, 0.15) is 23.2 Å². The highest BCUT2D eigenvalue weighted by Gasteiger charge is 2.13. The molecule has 144 valence electrons. The highest BCUT2D eigenvalue weighted by Crippen LogP contribution is 2.25. The van der Waals surface area contributed by atoms with Crippen LogP contribution in [0.2, 0.25) is 5.02 Å². The molecule has 0 atom stereocenters. The monoisotopic (exact) mass is 406 g/mol. The molecule has 0 saturated heterocycles. The average molecular weight is 407 g/mol. The molecule has 0 spiro atoms. The highest BCUT2D eigenvalue weighted by molar-refractivity contribution is 6.30. The predicted octanol–water partition coefficient (Wildman–Crippen LogP) is 5.15. The van der Waals surface area contributed by atoms with Crippen molar-refractivity contribution < 1.29 is 19.1 Å². The van der Waals surface area contributed by atoms with Crippen LogP contribution in [0.1, 0.15) is 21.7 Å². The van der Waals surface area contributed by atoms with Crippen LogP contribution in [0, 0.1) is 18.3 Å². The number of benzene rings is 2. The third-order valence-corrected chi connectivity index (χ3v) is 4.37. The molecular weight excluding hydrogens is 392 g/mol. The number of furan rings is 1. The molecule has 0 aliphatic rings. The zero-order chi connectivity index (χ0) is 21.0. The van der Waals surface area contributed by atoms with E-state index >= 15 is 0 Å². The molecule has 1 aromatic heterocycles. The van der Waals surface area contributed by atoms with Gasteiger partial charge in [-0.25, -0.2) is 4.79 Å². The third-order valence-electron chi connectivity index (χ3n) is 4.13. The normalized spacial score (nSPS) is 11.0. The van der Waals surface area contributed by atoms with Crippen molar-refractivity contribution in [2.45, 2.75) is 6.92 Å². The van der Waals surface area contributed by atoms with E-state index in [2.05, 4.69) is 5.32 Å². The standard InChI is InChI=1S/C22H15ClN2O4/c1-13-10-17(23)6-8-19(13)25-21(26)16(12-24)11-18-7-9-20(29-18)14-2-4-15(5-3-14)22(27)28/h2-11H,1H3,(H,25,26)(H,27,28)/b16-11+. The minimum atomic E-state index is -1.01. The second kappa shape index (κ2) is 8.46. The lowest BCUT2D eigenvalue weighted by Crippen LogP contribution is -2.14. The molecular formula is C22H15ClN2O4. The molecule has 0 aliphatic carbocycles. The number of anilines is 1. The third kappa shape index (κ3) is 4.72. The van der Waals surface area contributed by atoms with Gasteiger partial charge in [0.25, 0.3) is 5.91 Å². The Morgan fingerprint density at radius 2 is 1.86 bits per heavy atom. The second-order valence-corrected chi connectivity index (χ2v) is 6.60. The van der Waals surface area contributed by atoms with Crippen LogP contribution in [-0.4, -0.2) is 17.0 Å². The topological polar surface area (TPSA) is 103 Å². The van der Waals surface area contributed by atoms with Crippen molar-refractivity contribution in [3.8, 4) is 17.4 Å². The maximum Gasteiger partial charge on any atom is 0.335 e. The van der Waals surface area contributed by atoms with E-state index in [1.807, 2.05) is 6.07 Å². The SMILES string of the molecule is Cc1cc(Cl)ccc1NC(=O)/C(C#N)=C/c1ccc(-c2ccc(C(=O)O)cc2)o1. The van der Waals surface area contributed by atoms with Crippen molar-refractivity contribution in [2.75, 3.05) is 5.32 Å². The van der Waals surface area contributed by atoms with Crippen molar-refractivity contribution in [1.29, 1.82) is 5.26 Å². The van der Waals surface area contributed by atoms with Gasteiger partial charge in [-0.1, -0.05) is 23.7 Å². The summed E-state index contributed by atoms with van der Waals surface area (Å²) in [7, 11) is 0. The Hall–Kier alpha value is -3.82. The van der Waals surface area contributed by atoms with Crippen LogP contribution in [-0.2, 0) is 4.79 Å². The summed E-state index contributed by atoms with van der Waals surface area (Å²) in [6, 6.07) is 16.4. The van der Waals surface area contributed by atoms with E-state index in [0.29, 0.717) is 27.8 Å². The van der Waals surface area contributed by atoms with Gasteiger partial charge >= 0.3 is 5.97 Å². The first-order valence-corrected chi connectivity index (χ1v) is 8.88. The Labute approximate surface area is 171 Å². The van der Waals surface area contributed by atoms with E-state index < -0.39 is 11.9 Å². The van der Waals surface area contributed by atoms with Gasteiger partial charge in [0.2, 0.25) is 0 Å². The van der Waals surface area contributed by atoms with E-state index in [4.69, 9.17) is 21.1 Å². The summed E-state index contributed by atoms with van der Waals surface area (Å²) >= 11 is 5.91. The molecule has 29 heavy (non-hydrogen) atoms. The lowest BCUT2D eigenvalue weighted by molar-refractivity contribution is -0.112. The number of amides is 1. The molecule has 0 radical (unpaired) electrons. The van der Waals surface area contributed by atoms with Gasteiger partial charge in [0, 0.05) is 22.3 Å². The number of carboxylic acid groups (broad SMARTS) is 1. The van der Waals surface area contributed by atoms with E-state index in [1.54, 1.807) is 49.4 Å². The minimum absolute atomic E-state index is 0.124. The summed E-state index contributed by atoms with van der Waals surface area (Å²) < 4.78 is 5.67. The summed E-state index contributed by atoms with van der Waals surface area (Å²) in [5, 5.41) is 21.5. The maximum atomic E-state index is 12.4. The Bertz CT molecular complexity index is 1150. The number of hydrogen-bond donors (Lipinski definition) is 2. The fourth-order valence-corrected chi connectivity index (χ4v) is 2.84. The first kappa shape index (κ1) is 19.9. The van der Waals surface area contributed by atoms with Crippen molar-refractivity contribution in [3.63, 3.8) is 0 Å². The molecule has 1 heterocycles. The fraction of sp³-hybridized carbons (Fsp3) is 0.0455. The second-order valence-electron chi connectivity index (χ2n) is 6.17. The number of nitriles is 1. The molecule has 1 amide bonds. The van der Waals surface area contributed by atoms with Crippen LogP contribution in [0.5, 0.6) is 0 Å². The first-order valence-electron chi connectivity index (χ1n) is 8.50. The molecule has 0 bridgehead atoms. The highest BCUT2D eigenvalue weighted by atomic mass is 35.5. The fourth-order valence-electron chi connectivity index (χ4n) is 2.61. The number of carbonyl (C=O) groups excluding carboxylic acids is 1. The van der Waals surface area contributed by atoms with Crippen LogP contribution < -0.4 is 5.32 Å². The van der Waals surface area contributed by atoms with Gasteiger partial charge < -0.3 is 14.8 Å². The molecule has 0 unspecified atom stereocenters. The van der Waals surface area contributed by atoms with Gasteiger partial charge in [-0.05, 0) is 55.0 Å². The Morgan fingerprint density at radius 1 is 1.14 bits per heavy atom. The average Bonchev–Trinajstić information content (AvgIpc) is 3.17. The van der Waals surface area contributed by atoms with Crippen LogP contribution in [0.25, 0.3) is 17.4 Å². The lowest BCUT2D eigenvalue weighted by atomic mass is 10.1. The molecule has 0 saturated carbocycles. The van der Waals surface area contributed by atoms with Crippen molar-refractivity contribution in [3.05, 3.63) is 82.1 Å². The summed E-state index contributed by atoms with van der Waals surface area (Å²) in [6.45, 7) is 1.80. The van der Waals surface area contributed by atoms with Gasteiger partial charge in [0.15, 0.2) is 0 Å². The number of hydrogen-bond acceptors (Lipinski definition) is 4. The number of aromatic carboxylic acids is 1. The van der Waals surface area contributed by atoms with Crippen molar-refractivity contribution >= 4 is 35.2 Å². The van der Waals surface area contributed by atoms with E-state index in [0.717, 1.165) is 5.56 Å². The Balaban J connectivity index is 1.80. The van der Waals surface area contributed by atoms with Gasteiger partial charge in [0.05, 0.1) is 5.56 Å². The van der Waals surface area contributed by atoms with Gasteiger partial charge in [-0.15, -0.1) is 0 Å². The molecule has 2 aromatic carbocycles. The Kier molecular flexibility index (Phi) is 5.82. The quantitative estimate of drug-likeness (QED) is 0.450. The summed E-state index contributed by atoms with van der Waals surface area (Å²) in [4.78, 5) is 23.4. The number of nitrogens with one attached hydrogen (secondary N) is 1. The summed E-state index contributed by atoms with van der Waals surface area (Å²) in [5.74, 6) is -0.775. The van der Waals surface area contributed by atoms with Crippen LogP contribution >= 0.6 is 11.6 Å². The van der Waals surface area contributed by atoms with Crippen LogP contribution in [0.3, 0.4) is 0 Å². The summed E-state index contributed by atoms with van der Waals surface area (Å²) in [5.41, 5.74) is 2.05. The van der Waals surface area contributed by atoms with E-state index in [1.165, 1.54) is 18.2 Å². The lowest BCUT2D eigenvalue weighted by Gasteiger charge is -2.07. The van der Waals surface area contributed by atoms with E-state index in [-0.39, 0.29) is 11.1 Å². The molecule has 0 aliphatic heterocycles. The predicted molar refractivity (Wildman–Crippen MR) is 110 cm³/mol. The smallest absolute Gasteiger partial charge is 0.335 e. The number of carboxylic acids is 1. The van der Waals surface area contributed by atoms with Crippen molar-refractivity contribution in [2.24, 2.45) is 0 Å². The molecule has 3 aromatic rings. The van der Waals surface area contributed by atoms with Crippen LogP contribution in [0.4, 0.5) is 5.69 Å². The van der Waals surface area contributed by atoms with Gasteiger partial charge in [-0.3, -0.25) is 4.79 Å². The zero-order valence-corrected chi connectivity index (χ0v) is 16.0. The molecule has 6 nitrogen and oxygen atoms in total. The number of nitrogens with zero attached hydrogens (tertiary/aromatic N) is 1.